The minimum absolute atomic E-state index is 0.0224. The molecule has 0 aromatic heterocycles. The zero-order valence-electron chi connectivity index (χ0n) is 16.7. The molecule has 1 atom stereocenters. The standard InChI is InChI=1S/C23H21ClN2O2.CH2O2/c24-20-14-18(9-10-22(20)27)17-7-4-8-19(13-17)23(28)26-12-11-25-21(15-26)16-5-2-1-3-6-16;2-1-3/h1-10,13-14,21,25,27H,11-12,15H2;1H,(H,2,3). The van der Waals surface area contributed by atoms with Gasteiger partial charge in [-0.2, -0.15) is 0 Å². The van der Waals surface area contributed by atoms with Gasteiger partial charge in [0, 0.05) is 31.2 Å². The lowest BCUT2D eigenvalue weighted by atomic mass is 10.0. The number of piperazine rings is 1. The van der Waals surface area contributed by atoms with Crippen molar-refractivity contribution in [2.24, 2.45) is 0 Å². The fourth-order valence-corrected chi connectivity index (χ4v) is 3.72. The topological polar surface area (TPSA) is 89.9 Å². The quantitative estimate of drug-likeness (QED) is 0.533. The Bertz CT molecular complexity index is 1040. The first-order valence-corrected chi connectivity index (χ1v) is 10.2. The van der Waals surface area contributed by atoms with Gasteiger partial charge in [0.25, 0.3) is 12.4 Å². The summed E-state index contributed by atoms with van der Waals surface area (Å²) in [6.45, 7) is 1.83. The largest absolute Gasteiger partial charge is 0.506 e. The molecule has 3 aromatic carbocycles. The number of carboxylic acid groups (broad SMARTS) is 1. The predicted octanol–water partition coefficient (Wildman–Crippen LogP) is 4.20. The van der Waals surface area contributed by atoms with Crippen LogP contribution in [0, 0.1) is 0 Å². The molecule has 3 N–H and O–H groups in total. The number of nitrogens with one attached hydrogen (secondary N) is 1. The first-order chi connectivity index (χ1) is 15.0. The van der Waals surface area contributed by atoms with Crippen molar-refractivity contribution in [3.63, 3.8) is 0 Å². The normalized spacial score (nSPS) is 15.5. The van der Waals surface area contributed by atoms with Crippen molar-refractivity contribution in [2.45, 2.75) is 6.04 Å². The SMILES string of the molecule is O=C(c1cccc(-c2ccc(O)c(Cl)c2)c1)N1CCNC(c2ccccc2)C1.O=CO. The van der Waals surface area contributed by atoms with Gasteiger partial charge in [-0.25, -0.2) is 0 Å². The summed E-state index contributed by atoms with van der Waals surface area (Å²) in [5.74, 6) is 0.0691. The van der Waals surface area contributed by atoms with E-state index in [-0.39, 0.29) is 24.2 Å². The molecule has 160 valence electrons. The Labute approximate surface area is 185 Å². The van der Waals surface area contributed by atoms with Crippen molar-refractivity contribution >= 4 is 24.0 Å². The number of carbonyl (C=O) groups excluding carboxylic acids is 1. The van der Waals surface area contributed by atoms with E-state index in [1.165, 1.54) is 5.56 Å². The average molecular weight is 439 g/mol. The number of carbonyl (C=O) groups is 2. The van der Waals surface area contributed by atoms with Crippen LogP contribution >= 0.6 is 11.6 Å². The Morgan fingerprint density at radius 3 is 2.45 bits per heavy atom. The van der Waals surface area contributed by atoms with Crippen LogP contribution in [0.1, 0.15) is 22.0 Å². The van der Waals surface area contributed by atoms with E-state index in [0.29, 0.717) is 23.7 Å². The van der Waals surface area contributed by atoms with Crippen LogP contribution in [-0.2, 0) is 4.79 Å². The number of hydrogen-bond acceptors (Lipinski definition) is 4. The Morgan fingerprint density at radius 2 is 1.74 bits per heavy atom. The molecule has 1 amide bonds. The number of hydrogen-bond donors (Lipinski definition) is 3. The summed E-state index contributed by atoms with van der Waals surface area (Å²) >= 11 is 6.03. The minimum Gasteiger partial charge on any atom is -0.506 e. The average Bonchev–Trinajstić information content (AvgIpc) is 2.81. The van der Waals surface area contributed by atoms with E-state index in [1.54, 1.807) is 18.2 Å². The maximum Gasteiger partial charge on any atom is 0.290 e. The van der Waals surface area contributed by atoms with Gasteiger partial charge in [0.05, 0.1) is 5.02 Å². The van der Waals surface area contributed by atoms with Crippen molar-refractivity contribution in [3.8, 4) is 16.9 Å². The van der Waals surface area contributed by atoms with Crippen molar-refractivity contribution in [1.82, 2.24) is 10.2 Å². The Hall–Kier alpha value is -3.35. The summed E-state index contributed by atoms with van der Waals surface area (Å²) in [4.78, 5) is 23.4. The molecule has 3 aromatic rings. The molecular formula is C24H23ClN2O4. The fraction of sp³-hybridized carbons (Fsp3) is 0.167. The smallest absolute Gasteiger partial charge is 0.290 e. The fourth-order valence-electron chi connectivity index (χ4n) is 3.54. The van der Waals surface area contributed by atoms with Crippen LogP contribution in [0.3, 0.4) is 0 Å². The highest BCUT2D eigenvalue weighted by atomic mass is 35.5. The highest BCUT2D eigenvalue weighted by Gasteiger charge is 2.25. The van der Waals surface area contributed by atoms with Crippen molar-refractivity contribution in [3.05, 3.63) is 88.9 Å². The molecule has 6 nitrogen and oxygen atoms in total. The maximum atomic E-state index is 13.1. The molecular weight excluding hydrogens is 416 g/mol. The van der Waals surface area contributed by atoms with Gasteiger partial charge in [0.15, 0.2) is 0 Å². The van der Waals surface area contributed by atoms with E-state index in [9.17, 15) is 9.90 Å². The molecule has 1 fully saturated rings. The second kappa shape index (κ2) is 10.6. The predicted molar refractivity (Wildman–Crippen MR) is 120 cm³/mol. The summed E-state index contributed by atoms with van der Waals surface area (Å²) in [6.07, 6.45) is 0. The summed E-state index contributed by atoms with van der Waals surface area (Å²) in [5.41, 5.74) is 3.59. The summed E-state index contributed by atoms with van der Waals surface area (Å²) in [6, 6.07) is 22.9. The highest BCUT2D eigenvalue weighted by Crippen LogP contribution is 2.30. The molecule has 31 heavy (non-hydrogen) atoms. The zero-order chi connectivity index (χ0) is 22.2. The minimum atomic E-state index is -0.250. The first-order valence-electron chi connectivity index (χ1n) is 9.78. The lowest BCUT2D eigenvalue weighted by Crippen LogP contribution is -2.48. The van der Waals surface area contributed by atoms with E-state index < -0.39 is 0 Å². The van der Waals surface area contributed by atoms with E-state index in [4.69, 9.17) is 21.5 Å². The third-order valence-corrected chi connectivity index (χ3v) is 5.36. The number of phenols is 1. The Morgan fingerprint density at radius 1 is 1.03 bits per heavy atom. The van der Waals surface area contributed by atoms with Gasteiger partial charge in [-0.05, 0) is 41.0 Å². The van der Waals surface area contributed by atoms with E-state index in [1.807, 2.05) is 47.4 Å². The molecule has 7 heteroatoms. The van der Waals surface area contributed by atoms with E-state index in [2.05, 4.69) is 17.4 Å². The molecule has 0 saturated carbocycles. The Balaban J connectivity index is 0.000000858. The van der Waals surface area contributed by atoms with Crippen LogP contribution in [0.2, 0.25) is 5.02 Å². The summed E-state index contributed by atoms with van der Waals surface area (Å²) in [7, 11) is 0. The summed E-state index contributed by atoms with van der Waals surface area (Å²) in [5, 5.41) is 20.3. The van der Waals surface area contributed by atoms with Crippen LogP contribution in [0.25, 0.3) is 11.1 Å². The highest BCUT2D eigenvalue weighted by molar-refractivity contribution is 6.32. The number of aromatic hydroxyl groups is 1. The molecule has 0 radical (unpaired) electrons. The van der Waals surface area contributed by atoms with Crippen LogP contribution in [0.4, 0.5) is 0 Å². The number of nitrogens with zero attached hydrogens (tertiary/aromatic N) is 1. The third kappa shape index (κ3) is 5.63. The molecule has 1 unspecified atom stereocenters. The molecule has 1 heterocycles. The molecule has 0 bridgehead atoms. The van der Waals surface area contributed by atoms with E-state index >= 15 is 0 Å². The van der Waals surface area contributed by atoms with Gasteiger partial charge in [0.2, 0.25) is 0 Å². The summed E-state index contributed by atoms with van der Waals surface area (Å²) < 4.78 is 0. The van der Waals surface area contributed by atoms with Gasteiger partial charge in [0.1, 0.15) is 5.75 Å². The van der Waals surface area contributed by atoms with Gasteiger partial charge < -0.3 is 20.4 Å². The number of amides is 1. The van der Waals surface area contributed by atoms with Crippen molar-refractivity contribution in [2.75, 3.05) is 19.6 Å². The second-order valence-corrected chi connectivity index (χ2v) is 7.43. The first kappa shape index (κ1) is 22.3. The van der Waals surface area contributed by atoms with E-state index in [0.717, 1.165) is 17.7 Å². The van der Waals surface area contributed by atoms with Crippen LogP contribution < -0.4 is 5.32 Å². The molecule has 1 aliphatic heterocycles. The van der Waals surface area contributed by atoms with Gasteiger partial charge in [-0.15, -0.1) is 0 Å². The number of halogens is 1. The second-order valence-electron chi connectivity index (χ2n) is 7.02. The van der Waals surface area contributed by atoms with Gasteiger partial charge in [-0.1, -0.05) is 60.1 Å². The van der Waals surface area contributed by atoms with Crippen molar-refractivity contribution in [1.29, 1.82) is 0 Å². The van der Waals surface area contributed by atoms with Crippen LogP contribution in [-0.4, -0.2) is 47.1 Å². The molecule has 1 saturated heterocycles. The van der Waals surface area contributed by atoms with Gasteiger partial charge in [-0.3, -0.25) is 9.59 Å². The molecule has 0 aliphatic carbocycles. The molecule has 4 rings (SSSR count). The lowest BCUT2D eigenvalue weighted by molar-refractivity contribution is -0.122. The van der Waals surface area contributed by atoms with Crippen LogP contribution in [0.15, 0.2) is 72.8 Å². The zero-order valence-corrected chi connectivity index (χ0v) is 17.5. The maximum absolute atomic E-state index is 13.1. The molecule has 0 spiro atoms. The van der Waals surface area contributed by atoms with Crippen LogP contribution in [0.5, 0.6) is 5.75 Å². The monoisotopic (exact) mass is 438 g/mol. The lowest BCUT2D eigenvalue weighted by Gasteiger charge is -2.34. The Kier molecular flexibility index (Phi) is 7.65. The van der Waals surface area contributed by atoms with Crippen molar-refractivity contribution < 1.29 is 19.8 Å². The molecule has 1 aliphatic rings. The number of phenolic OH excluding ortho intramolecular Hbond substituents is 1. The number of benzene rings is 3. The number of rotatable bonds is 3. The third-order valence-electron chi connectivity index (χ3n) is 5.06. The van der Waals surface area contributed by atoms with Gasteiger partial charge >= 0.3 is 0 Å².